The number of methoxy groups -OCH3 is 4. The summed E-state index contributed by atoms with van der Waals surface area (Å²) >= 11 is 11.3. The van der Waals surface area contributed by atoms with Gasteiger partial charge in [0.05, 0.1) is 16.6 Å². The molecule has 0 amide bonds. The number of aliphatic imine (C=N–C) groups is 1. The van der Waals surface area contributed by atoms with E-state index >= 15 is 0 Å². The third-order valence-corrected chi connectivity index (χ3v) is 4.69. The van der Waals surface area contributed by atoms with Crippen LogP contribution in [0.2, 0.25) is 10.0 Å². The minimum atomic E-state index is -0.439. The van der Waals surface area contributed by atoms with Crippen LogP contribution >= 0.6 is 23.2 Å². The summed E-state index contributed by atoms with van der Waals surface area (Å²) in [5.41, 5.74) is 1.65. The molecule has 0 unspecified atom stereocenters. The van der Waals surface area contributed by atoms with Crippen LogP contribution < -0.4 is 5.32 Å². The molecule has 0 bridgehead atoms. The molecule has 0 aromatic heterocycles. The number of hydrogen-bond acceptors (Lipinski definition) is 6. The van der Waals surface area contributed by atoms with E-state index in [9.17, 15) is 8.78 Å². The van der Waals surface area contributed by atoms with Gasteiger partial charge in [0.1, 0.15) is 11.6 Å². The Hall–Kier alpha value is -1.65. The van der Waals surface area contributed by atoms with Gasteiger partial charge in [-0.15, -0.1) is 0 Å². The predicted octanol–water partition coefficient (Wildman–Crippen LogP) is 4.70. The van der Waals surface area contributed by atoms with Crippen molar-refractivity contribution in [3.63, 3.8) is 0 Å². The molecule has 0 fully saturated rings. The van der Waals surface area contributed by atoms with Crippen LogP contribution in [0.3, 0.4) is 0 Å². The second-order valence-electron chi connectivity index (χ2n) is 6.35. The Bertz CT molecular complexity index is 836. The number of ether oxygens (including phenoxy) is 4. The van der Waals surface area contributed by atoms with Gasteiger partial charge >= 0.3 is 0 Å². The van der Waals surface area contributed by atoms with Crippen LogP contribution in [0.5, 0.6) is 0 Å². The zero-order chi connectivity index (χ0) is 23.9. The van der Waals surface area contributed by atoms with Crippen molar-refractivity contribution in [2.45, 2.75) is 19.1 Å². The highest BCUT2D eigenvalue weighted by atomic mass is 35.5. The molecule has 0 saturated carbocycles. The highest BCUT2D eigenvalue weighted by Gasteiger charge is 2.05. The first-order chi connectivity index (χ1) is 15.3. The van der Waals surface area contributed by atoms with Gasteiger partial charge in [-0.1, -0.05) is 35.3 Å². The number of nitrogens with zero attached hydrogens (tertiary/aromatic N) is 1. The molecular weight excluding hydrogens is 465 g/mol. The molecule has 0 saturated heterocycles. The van der Waals surface area contributed by atoms with Crippen molar-refractivity contribution in [1.82, 2.24) is 5.32 Å². The Morgan fingerprint density at radius 3 is 1.97 bits per heavy atom. The van der Waals surface area contributed by atoms with E-state index in [1.165, 1.54) is 18.2 Å². The molecule has 1 N–H and O–H groups in total. The lowest BCUT2D eigenvalue weighted by molar-refractivity contribution is -0.0989. The maximum Gasteiger partial charge on any atom is 0.176 e. The molecule has 0 atom stereocenters. The van der Waals surface area contributed by atoms with Gasteiger partial charge in [0.15, 0.2) is 12.6 Å². The second-order valence-corrected chi connectivity index (χ2v) is 7.16. The van der Waals surface area contributed by atoms with Crippen LogP contribution in [0.1, 0.15) is 11.1 Å². The van der Waals surface area contributed by atoms with Gasteiger partial charge in [-0.3, -0.25) is 4.99 Å². The minimum Gasteiger partial charge on any atom is -0.355 e. The summed E-state index contributed by atoms with van der Waals surface area (Å²) in [4.78, 5) is 4.10. The van der Waals surface area contributed by atoms with E-state index in [0.29, 0.717) is 19.6 Å². The SMILES string of the molecule is COC(CN=Cc1ccc(F)c(Cl)c1)OC.COC(CNCc1ccc(F)c(Cl)c1)OC. The number of nitrogens with one attached hydrogen (secondary N) is 1. The fourth-order valence-corrected chi connectivity index (χ4v) is 2.72. The third kappa shape index (κ3) is 10.8. The molecule has 0 aliphatic rings. The summed E-state index contributed by atoms with van der Waals surface area (Å²) in [5, 5.41) is 3.34. The van der Waals surface area contributed by atoms with Crippen molar-refractivity contribution in [3.8, 4) is 0 Å². The maximum absolute atomic E-state index is 12.9. The molecule has 2 rings (SSSR count). The van der Waals surface area contributed by atoms with E-state index in [2.05, 4.69) is 10.3 Å². The van der Waals surface area contributed by atoms with Gasteiger partial charge in [-0.2, -0.15) is 0 Å². The molecule has 10 heteroatoms. The summed E-state index contributed by atoms with van der Waals surface area (Å²) in [5.74, 6) is -0.845. The Morgan fingerprint density at radius 1 is 0.875 bits per heavy atom. The van der Waals surface area contributed by atoms with E-state index in [1.54, 1.807) is 52.9 Å². The molecule has 6 nitrogen and oxygen atoms in total. The van der Waals surface area contributed by atoms with E-state index in [0.717, 1.165) is 11.1 Å². The summed E-state index contributed by atoms with van der Waals surface area (Å²) in [7, 11) is 6.23. The van der Waals surface area contributed by atoms with Crippen LogP contribution in [-0.2, 0) is 25.5 Å². The van der Waals surface area contributed by atoms with Crippen LogP contribution in [0.4, 0.5) is 8.78 Å². The van der Waals surface area contributed by atoms with Gasteiger partial charge in [-0.25, -0.2) is 8.78 Å². The van der Waals surface area contributed by atoms with Crippen molar-refractivity contribution in [2.24, 2.45) is 4.99 Å². The molecule has 0 spiro atoms. The topological polar surface area (TPSA) is 61.3 Å². The summed E-state index contributed by atoms with van der Waals surface area (Å²) in [6, 6.07) is 9.03. The molecule has 0 aliphatic carbocycles. The van der Waals surface area contributed by atoms with Crippen molar-refractivity contribution < 1.29 is 27.7 Å². The number of halogens is 4. The second kappa shape index (κ2) is 16.0. The quantitative estimate of drug-likeness (QED) is 0.363. The number of hydrogen-bond donors (Lipinski definition) is 1. The fourth-order valence-electron chi connectivity index (χ4n) is 2.33. The highest BCUT2D eigenvalue weighted by molar-refractivity contribution is 6.31. The van der Waals surface area contributed by atoms with Crippen molar-refractivity contribution in [1.29, 1.82) is 0 Å². The van der Waals surface area contributed by atoms with Crippen molar-refractivity contribution >= 4 is 29.4 Å². The molecule has 178 valence electrons. The molecule has 2 aromatic carbocycles. The first-order valence-electron chi connectivity index (χ1n) is 9.55. The molecule has 0 heterocycles. The zero-order valence-corrected chi connectivity index (χ0v) is 19.9. The van der Waals surface area contributed by atoms with E-state index < -0.39 is 11.6 Å². The Labute approximate surface area is 197 Å². The standard InChI is InChI=1S/C11H15ClFNO2.C11H13ClFNO2/c2*1-15-11(16-2)7-14-6-8-3-4-10(13)9(12)5-8/h3-5,11,14H,6-7H2,1-2H3;3-6,11H,7H2,1-2H3. The lowest BCUT2D eigenvalue weighted by atomic mass is 10.2. The Kier molecular flexibility index (Phi) is 14.2. The van der Waals surface area contributed by atoms with Crippen molar-refractivity contribution in [2.75, 3.05) is 41.5 Å². The van der Waals surface area contributed by atoms with Crippen LogP contribution in [0.25, 0.3) is 0 Å². The van der Waals surface area contributed by atoms with Crippen LogP contribution in [0, 0.1) is 11.6 Å². The van der Waals surface area contributed by atoms with Gasteiger partial charge in [0.2, 0.25) is 0 Å². The summed E-state index contributed by atoms with van der Waals surface area (Å²) < 4.78 is 45.6. The van der Waals surface area contributed by atoms with Gasteiger partial charge in [-0.05, 0) is 35.4 Å². The number of rotatable bonds is 11. The normalized spacial score (nSPS) is 11.3. The monoisotopic (exact) mass is 492 g/mol. The molecule has 0 radical (unpaired) electrons. The Balaban J connectivity index is 0.000000320. The first-order valence-corrected chi connectivity index (χ1v) is 10.3. The highest BCUT2D eigenvalue weighted by Crippen LogP contribution is 2.16. The largest absolute Gasteiger partial charge is 0.355 e. The fraction of sp³-hybridized carbons (Fsp3) is 0.409. The number of benzene rings is 2. The van der Waals surface area contributed by atoms with E-state index in [-0.39, 0.29) is 22.6 Å². The molecule has 2 aromatic rings. The van der Waals surface area contributed by atoms with E-state index in [4.69, 9.17) is 42.1 Å². The minimum absolute atomic E-state index is 0.0824. The average Bonchev–Trinajstić information content (AvgIpc) is 2.79. The maximum atomic E-state index is 12.9. The van der Waals surface area contributed by atoms with Gasteiger partial charge in [0, 0.05) is 47.7 Å². The summed E-state index contributed by atoms with van der Waals surface area (Å²) in [6.45, 7) is 1.52. The third-order valence-electron chi connectivity index (χ3n) is 4.11. The molecule has 32 heavy (non-hydrogen) atoms. The first kappa shape index (κ1) is 28.4. The zero-order valence-electron chi connectivity index (χ0n) is 18.4. The lowest BCUT2D eigenvalue weighted by Gasteiger charge is -2.14. The molecule has 0 aliphatic heterocycles. The summed E-state index contributed by atoms with van der Waals surface area (Å²) in [6.07, 6.45) is 0.944. The average molecular weight is 493 g/mol. The smallest absolute Gasteiger partial charge is 0.176 e. The van der Waals surface area contributed by atoms with Gasteiger partial charge in [0.25, 0.3) is 0 Å². The van der Waals surface area contributed by atoms with Crippen molar-refractivity contribution in [3.05, 3.63) is 69.2 Å². The Morgan fingerprint density at radius 2 is 1.44 bits per heavy atom. The van der Waals surface area contributed by atoms with Crippen LogP contribution in [-0.4, -0.2) is 60.3 Å². The predicted molar refractivity (Wildman–Crippen MR) is 123 cm³/mol. The van der Waals surface area contributed by atoms with Crippen LogP contribution in [0.15, 0.2) is 41.4 Å². The van der Waals surface area contributed by atoms with Gasteiger partial charge < -0.3 is 24.3 Å². The molecular formula is C22H28Cl2F2N2O4. The lowest BCUT2D eigenvalue weighted by Crippen LogP contribution is -2.29. The van der Waals surface area contributed by atoms with E-state index in [1.807, 2.05) is 0 Å².